The monoisotopic (exact) mass is 530 g/mol. The number of alkyl halides is 3. The van der Waals surface area contributed by atoms with Gasteiger partial charge in [-0.3, -0.25) is 19.3 Å². The van der Waals surface area contributed by atoms with Crippen LogP contribution in [0.25, 0.3) is 0 Å². The second-order valence-corrected chi connectivity index (χ2v) is 8.52. The Morgan fingerprint density at radius 2 is 1.49 bits per heavy atom. The molecule has 0 aromatic heterocycles. The Balaban J connectivity index is 1.59. The zero-order chi connectivity index (χ0) is 26.9. The molecule has 0 fully saturated rings. The van der Waals surface area contributed by atoms with Gasteiger partial charge in [-0.25, -0.2) is 4.79 Å². The lowest BCUT2D eigenvalue weighted by Gasteiger charge is -2.24. The maximum absolute atomic E-state index is 13.1. The molecule has 0 bridgehead atoms. The van der Waals surface area contributed by atoms with Crippen molar-refractivity contribution in [2.45, 2.75) is 25.2 Å². The van der Waals surface area contributed by atoms with Crippen molar-refractivity contribution >= 4 is 41.0 Å². The molecule has 0 spiro atoms. The molecule has 1 aliphatic rings. The molecule has 3 amide bonds. The van der Waals surface area contributed by atoms with Crippen LogP contribution in [0.15, 0.2) is 72.8 Å². The average Bonchev–Trinajstić information content (AvgIpc) is 3.12. The summed E-state index contributed by atoms with van der Waals surface area (Å²) in [6.07, 6.45) is -6.31. The highest BCUT2D eigenvalue weighted by molar-refractivity contribution is 6.33. The Morgan fingerprint density at radius 3 is 2.05 bits per heavy atom. The molecule has 0 aliphatic carbocycles. The molecular formula is C26H18ClF3N2O5. The Morgan fingerprint density at radius 1 is 0.919 bits per heavy atom. The first-order valence-electron chi connectivity index (χ1n) is 10.9. The van der Waals surface area contributed by atoms with Crippen molar-refractivity contribution in [2.75, 3.05) is 5.32 Å². The molecule has 3 aromatic rings. The molecule has 11 heteroatoms. The number of halogens is 4. The lowest BCUT2D eigenvalue weighted by Crippen LogP contribution is -2.44. The third kappa shape index (κ3) is 5.19. The maximum atomic E-state index is 13.1. The zero-order valence-corrected chi connectivity index (χ0v) is 19.8. The minimum absolute atomic E-state index is 0.128. The summed E-state index contributed by atoms with van der Waals surface area (Å²) in [6.45, 7) is 1.27. The highest BCUT2D eigenvalue weighted by atomic mass is 35.5. The van der Waals surface area contributed by atoms with Crippen LogP contribution >= 0.6 is 11.6 Å². The first kappa shape index (κ1) is 25.9. The fraction of sp³-hybridized carbons (Fsp3) is 0.154. The molecule has 1 aliphatic heterocycles. The van der Waals surface area contributed by atoms with Crippen LogP contribution in [0.4, 0.5) is 18.9 Å². The summed E-state index contributed by atoms with van der Waals surface area (Å²) in [7, 11) is 0. The van der Waals surface area contributed by atoms with Crippen molar-refractivity contribution in [3.63, 3.8) is 0 Å². The van der Waals surface area contributed by atoms with Crippen molar-refractivity contribution in [3.05, 3.63) is 100 Å². The van der Waals surface area contributed by atoms with Crippen molar-refractivity contribution in [2.24, 2.45) is 0 Å². The van der Waals surface area contributed by atoms with Gasteiger partial charge in [0.15, 0.2) is 0 Å². The number of nitrogens with zero attached hydrogens (tertiary/aromatic N) is 1. The Hall–Kier alpha value is -4.18. The minimum Gasteiger partial charge on any atom is -0.446 e. The summed E-state index contributed by atoms with van der Waals surface area (Å²) in [6, 6.07) is 14.8. The SMILES string of the molecule is CC(C(=O)OC(C(=O)Nc1cc(C(F)(F)F)ccc1Cl)c1ccccc1)N1C(=O)c2ccccc2C1=O. The zero-order valence-electron chi connectivity index (χ0n) is 19.1. The molecule has 0 radical (unpaired) electrons. The molecule has 7 nitrogen and oxygen atoms in total. The predicted molar refractivity (Wildman–Crippen MR) is 127 cm³/mol. The molecule has 1 N–H and O–H groups in total. The normalized spacial score (nSPS) is 14.7. The van der Waals surface area contributed by atoms with E-state index < -0.39 is 47.6 Å². The number of carbonyl (C=O) groups is 4. The summed E-state index contributed by atoms with van der Waals surface area (Å²) in [5.41, 5.74) is -0.926. The molecule has 0 saturated carbocycles. The van der Waals surface area contributed by atoms with Crippen molar-refractivity contribution in [1.82, 2.24) is 4.90 Å². The topological polar surface area (TPSA) is 92.8 Å². The summed E-state index contributed by atoms with van der Waals surface area (Å²) in [4.78, 5) is 52.4. The van der Waals surface area contributed by atoms with E-state index in [0.29, 0.717) is 6.07 Å². The van der Waals surface area contributed by atoms with Crippen LogP contribution in [0.3, 0.4) is 0 Å². The molecule has 4 rings (SSSR count). The van der Waals surface area contributed by atoms with Gasteiger partial charge in [-0.05, 0) is 37.3 Å². The van der Waals surface area contributed by atoms with Crippen LogP contribution < -0.4 is 5.32 Å². The van der Waals surface area contributed by atoms with E-state index in [0.717, 1.165) is 17.0 Å². The third-order valence-corrected chi connectivity index (χ3v) is 6.01. The van der Waals surface area contributed by atoms with E-state index >= 15 is 0 Å². The van der Waals surface area contributed by atoms with Crippen LogP contribution in [0.2, 0.25) is 5.02 Å². The van der Waals surface area contributed by atoms with E-state index in [1.807, 2.05) is 0 Å². The fourth-order valence-corrected chi connectivity index (χ4v) is 3.94. The molecule has 0 saturated heterocycles. The van der Waals surface area contributed by atoms with Crippen molar-refractivity contribution < 1.29 is 37.1 Å². The number of imide groups is 1. The van der Waals surface area contributed by atoms with Crippen LogP contribution in [0, 0.1) is 0 Å². The number of anilines is 1. The van der Waals surface area contributed by atoms with Gasteiger partial charge >= 0.3 is 12.1 Å². The summed E-state index contributed by atoms with van der Waals surface area (Å²) < 4.78 is 44.9. The number of benzene rings is 3. The maximum Gasteiger partial charge on any atom is 0.416 e. The number of ether oxygens (including phenoxy) is 1. The van der Waals surface area contributed by atoms with E-state index in [4.69, 9.17) is 16.3 Å². The quantitative estimate of drug-likeness (QED) is 0.346. The van der Waals surface area contributed by atoms with Crippen LogP contribution in [-0.2, 0) is 20.5 Å². The number of fused-ring (bicyclic) bond motifs is 1. The van der Waals surface area contributed by atoms with Gasteiger partial charge in [0.05, 0.1) is 27.4 Å². The number of carbonyl (C=O) groups excluding carboxylic acids is 4. The van der Waals surface area contributed by atoms with Gasteiger partial charge in [0.25, 0.3) is 17.7 Å². The number of esters is 1. The second-order valence-electron chi connectivity index (χ2n) is 8.11. The lowest BCUT2D eigenvalue weighted by molar-refractivity contribution is -0.158. The molecule has 2 unspecified atom stereocenters. The first-order chi connectivity index (χ1) is 17.5. The number of nitrogens with one attached hydrogen (secondary N) is 1. The Labute approximate surface area is 213 Å². The highest BCUT2D eigenvalue weighted by Crippen LogP contribution is 2.34. The highest BCUT2D eigenvalue weighted by Gasteiger charge is 2.42. The van der Waals surface area contributed by atoms with E-state index in [-0.39, 0.29) is 27.4 Å². The van der Waals surface area contributed by atoms with Gasteiger partial charge in [-0.2, -0.15) is 13.2 Å². The van der Waals surface area contributed by atoms with E-state index in [2.05, 4.69) is 5.32 Å². The molecule has 190 valence electrons. The largest absolute Gasteiger partial charge is 0.446 e. The van der Waals surface area contributed by atoms with E-state index in [1.54, 1.807) is 30.3 Å². The lowest BCUT2D eigenvalue weighted by atomic mass is 10.1. The summed E-state index contributed by atoms with van der Waals surface area (Å²) >= 11 is 5.99. The molecule has 2 atom stereocenters. The molecule has 1 heterocycles. The number of hydrogen-bond donors (Lipinski definition) is 1. The fourth-order valence-electron chi connectivity index (χ4n) is 3.78. The van der Waals surface area contributed by atoms with E-state index in [1.165, 1.54) is 31.2 Å². The van der Waals surface area contributed by atoms with Crippen molar-refractivity contribution in [3.8, 4) is 0 Å². The Bertz CT molecular complexity index is 1360. The van der Waals surface area contributed by atoms with Crippen LogP contribution in [-0.4, -0.2) is 34.6 Å². The molecule has 37 heavy (non-hydrogen) atoms. The smallest absolute Gasteiger partial charge is 0.416 e. The second kappa shape index (κ2) is 10.1. The number of amides is 3. The summed E-state index contributed by atoms with van der Waals surface area (Å²) in [5, 5.41) is 2.10. The van der Waals surface area contributed by atoms with Gasteiger partial charge in [0.2, 0.25) is 6.10 Å². The molecular weight excluding hydrogens is 513 g/mol. The van der Waals surface area contributed by atoms with Crippen LogP contribution in [0.1, 0.15) is 44.9 Å². The standard InChI is InChI=1S/C26H18ClF3N2O5/c1-14(32-23(34)17-9-5-6-10-18(17)24(32)35)25(36)37-21(15-7-3-2-4-8-15)22(33)31-20-13-16(26(28,29)30)11-12-19(20)27/h2-14,21H,1H3,(H,31,33). The van der Waals surface area contributed by atoms with Gasteiger partial charge in [-0.1, -0.05) is 54.1 Å². The number of hydrogen-bond acceptors (Lipinski definition) is 5. The third-order valence-electron chi connectivity index (χ3n) is 5.68. The van der Waals surface area contributed by atoms with Gasteiger partial charge in [-0.15, -0.1) is 0 Å². The van der Waals surface area contributed by atoms with Gasteiger partial charge in [0.1, 0.15) is 6.04 Å². The molecule has 3 aromatic carbocycles. The van der Waals surface area contributed by atoms with Gasteiger partial charge < -0.3 is 10.1 Å². The van der Waals surface area contributed by atoms with E-state index in [9.17, 15) is 32.3 Å². The number of rotatable bonds is 6. The van der Waals surface area contributed by atoms with Crippen LogP contribution in [0.5, 0.6) is 0 Å². The minimum atomic E-state index is -4.68. The summed E-state index contributed by atoms with van der Waals surface area (Å²) in [5.74, 6) is -3.45. The van der Waals surface area contributed by atoms with Gasteiger partial charge in [0, 0.05) is 5.56 Å². The predicted octanol–water partition coefficient (Wildman–Crippen LogP) is 5.27. The van der Waals surface area contributed by atoms with Crippen molar-refractivity contribution in [1.29, 1.82) is 0 Å². The Kier molecular flexibility index (Phi) is 7.04. The first-order valence-corrected chi connectivity index (χ1v) is 11.3. The average molecular weight is 531 g/mol.